The molecule has 0 bridgehead atoms. The van der Waals surface area contributed by atoms with Crippen LogP contribution in [0.1, 0.15) is 54.9 Å². The van der Waals surface area contributed by atoms with E-state index in [0.717, 1.165) is 44.2 Å². The predicted octanol–water partition coefficient (Wildman–Crippen LogP) is 3.94. The van der Waals surface area contributed by atoms with E-state index in [9.17, 15) is 4.79 Å². The monoisotopic (exact) mass is 429 g/mol. The molecule has 1 unspecified atom stereocenters. The zero-order valence-electron chi connectivity index (χ0n) is 18.2. The van der Waals surface area contributed by atoms with Gasteiger partial charge in [-0.1, -0.05) is 19.4 Å². The topological polar surface area (TPSA) is 72.3 Å². The molecular weight excluding hydrogens is 398 g/mol. The summed E-state index contributed by atoms with van der Waals surface area (Å²) in [5.74, 6) is -0.407. The van der Waals surface area contributed by atoms with E-state index < -0.39 is 11.6 Å². The molecule has 0 saturated heterocycles. The predicted molar refractivity (Wildman–Crippen MR) is 123 cm³/mol. The maximum Gasteiger partial charge on any atom is 0.359 e. The Bertz CT molecular complexity index is 864. The number of hydrogen-bond donors (Lipinski definition) is 1. The molecule has 1 aromatic carbocycles. The average Bonchev–Trinajstić information content (AvgIpc) is 3.49. The molecule has 7 heteroatoms. The Morgan fingerprint density at radius 1 is 1.27 bits per heavy atom. The van der Waals surface area contributed by atoms with Crippen molar-refractivity contribution in [1.82, 2.24) is 0 Å². The van der Waals surface area contributed by atoms with Crippen LogP contribution in [-0.2, 0) is 40.0 Å². The molecule has 2 aliphatic carbocycles. The maximum atomic E-state index is 13.0. The summed E-state index contributed by atoms with van der Waals surface area (Å²) in [6.07, 6.45) is 10.5. The molecular formula is C23H31N3O3S. The molecule has 162 valence electrons. The molecule has 1 N–H and O–H groups in total. The number of thioether (sulfide) groups is 1. The van der Waals surface area contributed by atoms with Gasteiger partial charge in [-0.3, -0.25) is 4.99 Å². The molecule has 3 aliphatic rings. The second-order valence-electron chi connectivity index (χ2n) is 8.13. The minimum absolute atomic E-state index is 0.186. The van der Waals surface area contributed by atoms with Crippen LogP contribution in [0.4, 0.5) is 5.69 Å². The van der Waals surface area contributed by atoms with Crippen molar-refractivity contribution in [2.45, 2.75) is 63.9 Å². The molecule has 6 nitrogen and oxygen atoms in total. The van der Waals surface area contributed by atoms with Crippen molar-refractivity contribution in [2.75, 3.05) is 31.8 Å². The second kappa shape index (κ2) is 9.00. The van der Waals surface area contributed by atoms with E-state index in [1.807, 2.05) is 6.26 Å². The number of rotatable bonds is 6. The number of esters is 1. The quantitative estimate of drug-likeness (QED) is 0.321. The smallest absolute Gasteiger partial charge is 0.359 e. The highest BCUT2D eigenvalue weighted by molar-refractivity contribution is 8.13. The average molecular weight is 430 g/mol. The summed E-state index contributed by atoms with van der Waals surface area (Å²) in [6.45, 7) is 2.64. The first kappa shape index (κ1) is 21.2. The number of anilines is 1. The summed E-state index contributed by atoms with van der Waals surface area (Å²) in [7, 11) is 1.68. The van der Waals surface area contributed by atoms with Gasteiger partial charge in [0.05, 0.1) is 6.61 Å². The Morgan fingerprint density at radius 2 is 1.97 bits per heavy atom. The minimum atomic E-state index is -1.29. The molecule has 0 fully saturated rings. The number of aliphatic imine (C=N–C) groups is 2. The second-order valence-corrected chi connectivity index (χ2v) is 8.93. The van der Waals surface area contributed by atoms with Crippen LogP contribution in [0.5, 0.6) is 0 Å². The van der Waals surface area contributed by atoms with E-state index in [2.05, 4.69) is 28.3 Å². The zero-order valence-corrected chi connectivity index (χ0v) is 19.0. The highest BCUT2D eigenvalue weighted by Crippen LogP contribution is 2.39. The lowest BCUT2D eigenvalue weighted by molar-refractivity contribution is -0.155. The zero-order chi connectivity index (χ0) is 21.1. The third-order valence-electron chi connectivity index (χ3n) is 6.22. The van der Waals surface area contributed by atoms with Crippen LogP contribution in [0.3, 0.4) is 0 Å². The van der Waals surface area contributed by atoms with Gasteiger partial charge in [0.25, 0.3) is 11.6 Å². The van der Waals surface area contributed by atoms with Gasteiger partial charge in [0.2, 0.25) is 0 Å². The van der Waals surface area contributed by atoms with E-state index in [1.54, 1.807) is 7.05 Å². The summed E-state index contributed by atoms with van der Waals surface area (Å²) in [4.78, 5) is 21.9. The Balaban J connectivity index is 1.59. The Hall–Kier alpha value is -2.02. The molecule has 4 rings (SSSR count). The minimum Gasteiger partial charge on any atom is -0.462 e. The Morgan fingerprint density at radius 3 is 2.57 bits per heavy atom. The van der Waals surface area contributed by atoms with Gasteiger partial charge in [0.1, 0.15) is 11.6 Å². The number of fused-ring (bicyclic) bond motifs is 2. The van der Waals surface area contributed by atoms with E-state index in [4.69, 9.17) is 9.47 Å². The number of ether oxygens (including phenoxy) is 2. The summed E-state index contributed by atoms with van der Waals surface area (Å²) in [5, 5.41) is 4.07. The number of carbonyl (C=O) groups is 1. The number of benzene rings is 1. The van der Waals surface area contributed by atoms with Gasteiger partial charge in [-0.25, -0.2) is 9.79 Å². The molecule has 1 aliphatic heterocycles. The normalized spacial score (nSPS) is 22.4. The fraction of sp³-hybridized carbons (Fsp3) is 0.609. The van der Waals surface area contributed by atoms with E-state index >= 15 is 0 Å². The molecule has 0 aromatic heterocycles. The van der Waals surface area contributed by atoms with Crippen molar-refractivity contribution < 1.29 is 14.3 Å². The van der Waals surface area contributed by atoms with Crippen molar-refractivity contribution in [2.24, 2.45) is 9.98 Å². The third-order valence-corrected chi connectivity index (χ3v) is 7.12. The SMILES string of the molecule is CCCCOC(=O)C1(C(=NC)SC)CN=C(Nc2c3c(cc4c2CCC4)CCC3)O1. The lowest BCUT2D eigenvalue weighted by atomic mass is 9.99. The highest BCUT2D eigenvalue weighted by Gasteiger charge is 2.52. The van der Waals surface area contributed by atoms with Crippen molar-refractivity contribution in [3.8, 4) is 0 Å². The van der Waals surface area contributed by atoms with Crippen molar-refractivity contribution in [3.63, 3.8) is 0 Å². The van der Waals surface area contributed by atoms with Crippen LogP contribution < -0.4 is 5.32 Å². The number of amidine groups is 1. The van der Waals surface area contributed by atoms with Crippen LogP contribution >= 0.6 is 11.8 Å². The molecule has 0 spiro atoms. The molecule has 1 atom stereocenters. The first-order valence-corrected chi connectivity index (χ1v) is 12.2. The van der Waals surface area contributed by atoms with Gasteiger partial charge >= 0.3 is 5.97 Å². The number of nitrogens with one attached hydrogen (secondary N) is 1. The molecule has 0 radical (unpaired) electrons. The number of aryl methyl sites for hydroxylation is 2. The fourth-order valence-corrected chi connectivity index (χ4v) is 5.42. The Labute approximate surface area is 182 Å². The first-order chi connectivity index (χ1) is 14.6. The largest absolute Gasteiger partial charge is 0.462 e. The number of unbranched alkanes of at least 4 members (excludes halogenated alkanes) is 1. The molecule has 1 aromatic rings. The molecule has 1 heterocycles. The van der Waals surface area contributed by atoms with E-state index in [1.165, 1.54) is 46.9 Å². The number of hydrogen-bond acceptors (Lipinski definition) is 7. The van der Waals surface area contributed by atoms with Gasteiger partial charge in [0.15, 0.2) is 0 Å². The fourth-order valence-electron chi connectivity index (χ4n) is 4.72. The number of nitrogens with zero attached hydrogens (tertiary/aromatic N) is 2. The van der Waals surface area contributed by atoms with Crippen molar-refractivity contribution >= 4 is 34.5 Å². The van der Waals surface area contributed by atoms with Gasteiger partial charge in [-0.05, 0) is 73.5 Å². The van der Waals surface area contributed by atoms with Gasteiger partial charge < -0.3 is 14.8 Å². The van der Waals surface area contributed by atoms with Crippen LogP contribution in [0.2, 0.25) is 0 Å². The first-order valence-electron chi connectivity index (χ1n) is 11.0. The van der Waals surface area contributed by atoms with Crippen molar-refractivity contribution in [1.29, 1.82) is 0 Å². The Kier molecular flexibility index (Phi) is 6.37. The van der Waals surface area contributed by atoms with Gasteiger partial charge in [-0.15, -0.1) is 11.8 Å². The van der Waals surface area contributed by atoms with E-state index in [-0.39, 0.29) is 6.54 Å². The summed E-state index contributed by atoms with van der Waals surface area (Å²) in [5.41, 5.74) is 5.54. The van der Waals surface area contributed by atoms with Crippen LogP contribution in [0.15, 0.2) is 16.1 Å². The standard InChI is InChI=1S/C23H31N3O3S/c1-4-5-12-28-21(27)23(20(24-2)30-3)14-25-22(29-23)26-19-17-10-6-8-15(17)13-16-9-7-11-18(16)19/h13H,4-12,14H2,1-3H3,(H,25,26). The number of carbonyl (C=O) groups excluding carboxylic acids is 1. The maximum absolute atomic E-state index is 13.0. The summed E-state index contributed by atoms with van der Waals surface area (Å²) in [6, 6.07) is 2.80. The summed E-state index contributed by atoms with van der Waals surface area (Å²) < 4.78 is 11.8. The van der Waals surface area contributed by atoms with Crippen LogP contribution in [0, 0.1) is 0 Å². The van der Waals surface area contributed by atoms with Crippen LogP contribution in [0.25, 0.3) is 0 Å². The lowest BCUT2D eigenvalue weighted by Gasteiger charge is -2.27. The third kappa shape index (κ3) is 3.72. The lowest BCUT2D eigenvalue weighted by Crippen LogP contribution is -2.50. The van der Waals surface area contributed by atoms with Gasteiger partial charge in [0, 0.05) is 12.7 Å². The molecule has 30 heavy (non-hydrogen) atoms. The summed E-state index contributed by atoms with van der Waals surface area (Å²) >= 11 is 1.41. The van der Waals surface area contributed by atoms with Gasteiger partial charge in [-0.2, -0.15) is 0 Å². The van der Waals surface area contributed by atoms with Crippen molar-refractivity contribution in [3.05, 3.63) is 28.3 Å². The highest BCUT2D eigenvalue weighted by atomic mass is 32.2. The molecule has 0 amide bonds. The molecule has 0 saturated carbocycles. The van der Waals surface area contributed by atoms with E-state index in [0.29, 0.717) is 17.7 Å². The van der Waals surface area contributed by atoms with Crippen LogP contribution in [-0.4, -0.2) is 49.1 Å².